The van der Waals surface area contributed by atoms with Gasteiger partial charge in [-0.05, 0) is 61.3 Å². The first-order valence-corrected chi connectivity index (χ1v) is 9.16. The van der Waals surface area contributed by atoms with E-state index in [1.54, 1.807) is 7.11 Å². The van der Waals surface area contributed by atoms with E-state index in [2.05, 4.69) is 17.4 Å². The fourth-order valence-electron chi connectivity index (χ4n) is 5.58. The van der Waals surface area contributed by atoms with Crippen LogP contribution in [0.25, 0.3) is 0 Å². The highest BCUT2D eigenvalue weighted by Gasteiger charge is 2.57. The lowest BCUT2D eigenvalue weighted by Gasteiger charge is -2.58. The van der Waals surface area contributed by atoms with Gasteiger partial charge in [0.1, 0.15) is 11.5 Å². The second-order valence-electron chi connectivity index (χ2n) is 7.70. The summed E-state index contributed by atoms with van der Waals surface area (Å²) in [5.41, 5.74) is 1.48. The lowest BCUT2D eigenvalue weighted by Crippen LogP contribution is -2.60. The molecule has 0 radical (unpaired) electrons. The Morgan fingerprint density at radius 3 is 2.48 bits per heavy atom. The highest BCUT2D eigenvalue weighted by molar-refractivity contribution is 5.84. The smallest absolute Gasteiger partial charge is 0.138 e. The monoisotopic (exact) mass is 313 g/mol. The van der Waals surface area contributed by atoms with Crippen LogP contribution in [0.5, 0.6) is 5.75 Å². The van der Waals surface area contributed by atoms with Crippen LogP contribution < -0.4 is 10.1 Å². The number of hydrogen-bond donors (Lipinski definition) is 1. The Balaban J connectivity index is 1.63. The quantitative estimate of drug-likeness (QED) is 0.897. The van der Waals surface area contributed by atoms with E-state index in [1.807, 2.05) is 12.1 Å². The second-order valence-corrected chi connectivity index (χ2v) is 7.70. The van der Waals surface area contributed by atoms with Crippen LogP contribution in [0.1, 0.15) is 51.4 Å². The molecule has 5 rings (SSSR count). The highest BCUT2D eigenvalue weighted by atomic mass is 16.5. The Morgan fingerprint density at radius 2 is 1.83 bits per heavy atom. The number of Topliss-reactive ketones (excluding diaryl/α,β-unsaturated/α-hetero) is 1. The SMILES string of the molecule is COc1ccc(NC2C3CCC(CC3=O)C23CCCCC3)cc1. The van der Waals surface area contributed by atoms with Gasteiger partial charge in [0.25, 0.3) is 0 Å². The number of methoxy groups -OCH3 is 1. The van der Waals surface area contributed by atoms with E-state index >= 15 is 0 Å². The maximum absolute atomic E-state index is 12.5. The van der Waals surface area contributed by atoms with E-state index in [0.29, 0.717) is 23.2 Å². The topological polar surface area (TPSA) is 38.3 Å². The Kier molecular flexibility index (Phi) is 3.82. The number of nitrogens with one attached hydrogen (secondary N) is 1. The molecule has 1 N–H and O–H groups in total. The zero-order chi connectivity index (χ0) is 15.9. The van der Waals surface area contributed by atoms with Gasteiger partial charge in [-0.2, -0.15) is 0 Å². The van der Waals surface area contributed by atoms with E-state index < -0.39 is 0 Å². The minimum absolute atomic E-state index is 0.222. The fourth-order valence-corrected chi connectivity index (χ4v) is 5.58. The van der Waals surface area contributed by atoms with Crippen molar-refractivity contribution in [3.8, 4) is 5.75 Å². The van der Waals surface area contributed by atoms with E-state index in [4.69, 9.17) is 4.74 Å². The number of benzene rings is 1. The number of carbonyl (C=O) groups excluding carboxylic acids is 1. The van der Waals surface area contributed by atoms with Gasteiger partial charge >= 0.3 is 0 Å². The molecule has 124 valence electrons. The Hall–Kier alpha value is -1.51. The maximum Gasteiger partial charge on any atom is 0.138 e. The summed E-state index contributed by atoms with van der Waals surface area (Å²) in [6.07, 6.45) is 9.81. The third kappa shape index (κ3) is 2.45. The largest absolute Gasteiger partial charge is 0.497 e. The number of anilines is 1. The first-order valence-electron chi connectivity index (χ1n) is 9.16. The van der Waals surface area contributed by atoms with Crippen LogP contribution in [0, 0.1) is 17.3 Å². The van der Waals surface area contributed by atoms with Gasteiger partial charge in [-0.25, -0.2) is 0 Å². The Bertz CT molecular complexity index is 574. The molecule has 4 fully saturated rings. The van der Waals surface area contributed by atoms with Crippen molar-refractivity contribution in [2.24, 2.45) is 17.3 Å². The molecule has 1 aromatic rings. The van der Waals surface area contributed by atoms with Crippen LogP contribution in [-0.2, 0) is 4.79 Å². The molecule has 23 heavy (non-hydrogen) atoms. The molecule has 0 aromatic heterocycles. The predicted molar refractivity (Wildman–Crippen MR) is 91.8 cm³/mol. The molecule has 3 atom stereocenters. The summed E-state index contributed by atoms with van der Waals surface area (Å²) in [4.78, 5) is 12.5. The Labute approximate surface area is 138 Å². The standard InChI is InChI=1S/C20H27NO2/c1-23-16-8-6-15(7-9-16)21-19-17-10-5-14(13-18(17)22)20(19)11-3-2-4-12-20/h6-9,14,17,19,21H,2-5,10-13H2,1H3. The van der Waals surface area contributed by atoms with Gasteiger partial charge in [0.15, 0.2) is 0 Å². The van der Waals surface area contributed by atoms with E-state index in [-0.39, 0.29) is 5.92 Å². The van der Waals surface area contributed by atoms with E-state index in [9.17, 15) is 4.79 Å². The van der Waals surface area contributed by atoms with Crippen molar-refractivity contribution in [2.75, 3.05) is 12.4 Å². The summed E-state index contributed by atoms with van der Waals surface area (Å²) >= 11 is 0. The predicted octanol–water partition coefficient (Wildman–Crippen LogP) is 4.43. The van der Waals surface area contributed by atoms with Gasteiger partial charge in [-0.3, -0.25) is 4.79 Å². The minimum Gasteiger partial charge on any atom is -0.497 e. The minimum atomic E-state index is 0.222. The molecule has 3 nitrogen and oxygen atoms in total. The average molecular weight is 313 g/mol. The number of carbonyl (C=O) groups is 1. The lowest BCUT2D eigenvalue weighted by atomic mass is 9.48. The molecular formula is C20H27NO2. The fraction of sp³-hybridized carbons (Fsp3) is 0.650. The second kappa shape index (κ2) is 5.85. The molecule has 3 unspecified atom stereocenters. The summed E-state index contributed by atoms with van der Waals surface area (Å²) in [6.45, 7) is 0. The van der Waals surface area contributed by atoms with Crippen molar-refractivity contribution >= 4 is 11.5 Å². The molecule has 0 aliphatic heterocycles. The van der Waals surface area contributed by atoms with Gasteiger partial charge < -0.3 is 10.1 Å². The van der Waals surface area contributed by atoms with Crippen molar-refractivity contribution < 1.29 is 9.53 Å². The van der Waals surface area contributed by atoms with Crippen molar-refractivity contribution in [3.63, 3.8) is 0 Å². The van der Waals surface area contributed by atoms with Crippen molar-refractivity contribution in [1.29, 1.82) is 0 Å². The van der Waals surface area contributed by atoms with Crippen molar-refractivity contribution in [3.05, 3.63) is 24.3 Å². The van der Waals surface area contributed by atoms with Crippen LogP contribution in [0.3, 0.4) is 0 Å². The number of fused-ring (bicyclic) bond motifs is 2. The molecule has 2 bridgehead atoms. The first-order chi connectivity index (χ1) is 11.2. The van der Waals surface area contributed by atoms with Crippen LogP contribution in [-0.4, -0.2) is 18.9 Å². The highest BCUT2D eigenvalue weighted by Crippen LogP contribution is 2.58. The summed E-state index contributed by atoms with van der Waals surface area (Å²) < 4.78 is 5.25. The summed E-state index contributed by atoms with van der Waals surface area (Å²) in [7, 11) is 1.69. The molecule has 1 spiro atoms. The Morgan fingerprint density at radius 1 is 1.09 bits per heavy atom. The van der Waals surface area contributed by atoms with Gasteiger partial charge in [-0.15, -0.1) is 0 Å². The van der Waals surface area contributed by atoms with Gasteiger partial charge in [0.2, 0.25) is 0 Å². The van der Waals surface area contributed by atoms with Gasteiger partial charge in [-0.1, -0.05) is 19.3 Å². The van der Waals surface area contributed by atoms with Crippen LogP contribution in [0.2, 0.25) is 0 Å². The zero-order valence-electron chi connectivity index (χ0n) is 14.0. The zero-order valence-corrected chi connectivity index (χ0v) is 14.0. The van der Waals surface area contributed by atoms with E-state index in [0.717, 1.165) is 24.3 Å². The normalized spacial score (nSPS) is 32.0. The van der Waals surface area contributed by atoms with Crippen LogP contribution >= 0.6 is 0 Å². The van der Waals surface area contributed by atoms with Crippen LogP contribution in [0.15, 0.2) is 24.3 Å². The summed E-state index contributed by atoms with van der Waals surface area (Å²) in [6, 6.07) is 8.50. The number of hydrogen-bond acceptors (Lipinski definition) is 3. The molecule has 0 amide bonds. The van der Waals surface area contributed by atoms with Gasteiger partial charge in [0, 0.05) is 24.1 Å². The molecule has 4 aliphatic rings. The maximum atomic E-state index is 12.5. The molecule has 1 aromatic carbocycles. The number of ketones is 1. The molecule has 0 heterocycles. The molecule has 0 saturated heterocycles. The summed E-state index contributed by atoms with van der Waals surface area (Å²) in [5.74, 6) is 2.21. The number of ether oxygens (including phenoxy) is 1. The van der Waals surface area contributed by atoms with Crippen LogP contribution in [0.4, 0.5) is 5.69 Å². The third-order valence-corrected chi connectivity index (χ3v) is 6.72. The third-order valence-electron chi connectivity index (χ3n) is 6.72. The molecular weight excluding hydrogens is 286 g/mol. The van der Waals surface area contributed by atoms with Gasteiger partial charge in [0.05, 0.1) is 7.11 Å². The van der Waals surface area contributed by atoms with Crippen molar-refractivity contribution in [1.82, 2.24) is 0 Å². The first kappa shape index (κ1) is 15.0. The lowest BCUT2D eigenvalue weighted by molar-refractivity contribution is -0.140. The molecule has 3 heteroatoms. The molecule has 4 saturated carbocycles. The summed E-state index contributed by atoms with van der Waals surface area (Å²) in [5, 5.41) is 3.78. The van der Waals surface area contributed by atoms with Crippen molar-refractivity contribution in [2.45, 2.75) is 57.4 Å². The average Bonchev–Trinajstić information content (AvgIpc) is 2.60. The van der Waals surface area contributed by atoms with E-state index in [1.165, 1.54) is 38.5 Å². The number of rotatable bonds is 3. The molecule has 4 aliphatic carbocycles.